The van der Waals surface area contributed by atoms with Crippen molar-refractivity contribution in [3.05, 3.63) is 36.7 Å². The monoisotopic (exact) mass is 631 g/mol. The van der Waals surface area contributed by atoms with E-state index >= 15 is 4.39 Å². The van der Waals surface area contributed by atoms with E-state index in [1.54, 1.807) is 63.2 Å². The first kappa shape index (κ1) is 31.3. The summed E-state index contributed by atoms with van der Waals surface area (Å²) in [6.45, 7) is -0.617. The minimum absolute atomic E-state index is 0.0515. The van der Waals surface area contributed by atoms with Crippen LogP contribution in [-0.4, -0.2) is 87.7 Å². The zero-order valence-corrected chi connectivity index (χ0v) is 25.3. The van der Waals surface area contributed by atoms with E-state index in [2.05, 4.69) is 20.0 Å². The predicted molar refractivity (Wildman–Crippen MR) is 155 cm³/mol. The van der Waals surface area contributed by atoms with Crippen LogP contribution in [0.2, 0.25) is 0 Å². The van der Waals surface area contributed by atoms with Crippen LogP contribution in [0.1, 0.15) is 20.1 Å². The SMILES string of the molecule is CCOC(=O)[C@@H](C)NP(=S)(OC[C@@]1(CCl)O[C@@H](n2cnc3c(N(C)C)nc(N)nc32)[C@@H](F)[C@@H]1O)Oc1ccccc1. The number of hydrogen-bond acceptors (Lipinski definition) is 12. The van der Waals surface area contributed by atoms with Crippen LogP contribution in [0.25, 0.3) is 11.2 Å². The number of alkyl halides is 2. The highest BCUT2D eigenvalue weighted by atomic mass is 35.5. The molecule has 3 heterocycles. The molecule has 1 aromatic carbocycles. The van der Waals surface area contributed by atoms with Gasteiger partial charge in [0.05, 0.1) is 25.4 Å². The lowest BCUT2D eigenvalue weighted by atomic mass is 9.99. The fourth-order valence-electron chi connectivity index (χ4n) is 4.18. The average molecular weight is 632 g/mol. The fourth-order valence-corrected chi connectivity index (χ4v) is 6.91. The maximum Gasteiger partial charge on any atom is 0.323 e. The molecule has 0 saturated carbocycles. The molecule has 0 amide bonds. The number of aliphatic hydroxyl groups excluding tert-OH is 1. The molecule has 1 aliphatic rings. The van der Waals surface area contributed by atoms with Crippen molar-refractivity contribution < 1.29 is 32.8 Å². The van der Waals surface area contributed by atoms with E-state index < -0.39 is 49.4 Å². The summed E-state index contributed by atoms with van der Waals surface area (Å²) in [5.41, 5.74) is 4.70. The number of carbonyl (C=O) groups is 1. The molecule has 2 aromatic heterocycles. The highest BCUT2D eigenvalue weighted by Crippen LogP contribution is 2.49. The number of benzene rings is 1. The maximum atomic E-state index is 15.7. The Kier molecular flexibility index (Phi) is 9.69. The fraction of sp³-hybridized carbons (Fsp3) is 0.500. The van der Waals surface area contributed by atoms with Crippen molar-refractivity contribution in [2.24, 2.45) is 0 Å². The van der Waals surface area contributed by atoms with Gasteiger partial charge in [-0.15, -0.1) is 11.6 Å². The molecule has 0 aliphatic carbocycles. The Morgan fingerprint density at radius 2 is 2.10 bits per heavy atom. The molecule has 4 rings (SSSR count). The number of esters is 1. The van der Waals surface area contributed by atoms with Crippen molar-refractivity contribution in [2.45, 2.75) is 44.0 Å². The summed E-state index contributed by atoms with van der Waals surface area (Å²) in [4.78, 5) is 26.7. The molecule has 0 bridgehead atoms. The third-order valence-electron chi connectivity index (χ3n) is 6.25. The van der Waals surface area contributed by atoms with Crippen LogP contribution in [-0.2, 0) is 30.6 Å². The highest BCUT2D eigenvalue weighted by Gasteiger charge is 2.57. The number of halogens is 2. The van der Waals surface area contributed by atoms with E-state index in [4.69, 9.17) is 47.7 Å². The number of hydrogen-bond donors (Lipinski definition) is 3. The van der Waals surface area contributed by atoms with Gasteiger partial charge in [0.15, 0.2) is 29.4 Å². The number of carbonyl (C=O) groups excluding carboxylic acids is 1. The Bertz CT molecular complexity index is 1420. The third kappa shape index (κ3) is 6.56. The number of fused-ring (bicyclic) bond motifs is 1. The van der Waals surface area contributed by atoms with Crippen LogP contribution in [0.5, 0.6) is 5.75 Å². The van der Waals surface area contributed by atoms with Crippen molar-refractivity contribution in [3.8, 4) is 5.75 Å². The van der Waals surface area contributed by atoms with Crippen LogP contribution in [0.3, 0.4) is 0 Å². The van der Waals surface area contributed by atoms with E-state index in [1.165, 1.54) is 10.9 Å². The van der Waals surface area contributed by atoms with Crippen molar-refractivity contribution in [1.82, 2.24) is 24.6 Å². The van der Waals surface area contributed by atoms with Gasteiger partial charge in [-0.2, -0.15) is 9.97 Å². The van der Waals surface area contributed by atoms with Gasteiger partial charge < -0.3 is 34.3 Å². The largest absolute Gasteiger partial charge is 0.465 e. The summed E-state index contributed by atoms with van der Waals surface area (Å²) in [5, 5.41) is 13.9. The summed E-state index contributed by atoms with van der Waals surface area (Å²) in [6, 6.07) is 7.68. The molecule has 6 atom stereocenters. The van der Waals surface area contributed by atoms with Crippen molar-refractivity contribution in [1.29, 1.82) is 0 Å². The smallest absolute Gasteiger partial charge is 0.323 e. The molecule has 0 spiro atoms. The Labute approximate surface area is 246 Å². The van der Waals surface area contributed by atoms with E-state index in [1.807, 2.05) is 0 Å². The van der Waals surface area contributed by atoms with E-state index in [0.29, 0.717) is 17.1 Å². The number of aromatic nitrogens is 4. The van der Waals surface area contributed by atoms with Crippen molar-refractivity contribution >= 4 is 58.9 Å². The number of anilines is 2. The summed E-state index contributed by atoms with van der Waals surface area (Å²) in [7, 11) is 3.50. The van der Waals surface area contributed by atoms with Gasteiger partial charge in [0.2, 0.25) is 5.95 Å². The molecule has 17 heteroatoms. The summed E-state index contributed by atoms with van der Waals surface area (Å²) < 4.78 is 40.2. The summed E-state index contributed by atoms with van der Waals surface area (Å²) in [6.07, 6.45) is -3.77. The summed E-state index contributed by atoms with van der Waals surface area (Å²) in [5.74, 6) is -0.198. The van der Waals surface area contributed by atoms with Crippen LogP contribution >= 0.6 is 18.2 Å². The zero-order chi connectivity index (χ0) is 29.9. The van der Waals surface area contributed by atoms with Gasteiger partial charge in [0.1, 0.15) is 23.5 Å². The van der Waals surface area contributed by atoms with Crippen molar-refractivity contribution in [3.63, 3.8) is 0 Å². The molecule has 4 N–H and O–H groups in total. The van der Waals surface area contributed by atoms with Gasteiger partial charge in [-0.3, -0.25) is 9.36 Å². The van der Waals surface area contributed by atoms with Gasteiger partial charge in [0, 0.05) is 14.1 Å². The molecule has 1 fully saturated rings. The van der Waals surface area contributed by atoms with E-state index in [9.17, 15) is 9.90 Å². The van der Waals surface area contributed by atoms with Crippen LogP contribution in [0.4, 0.5) is 16.2 Å². The minimum atomic E-state index is -3.52. The predicted octanol–water partition coefficient (Wildman–Crippen LogP) is 2.54. The first-order chi connectivity index (χ1) is 19.4. The van der Waals surface area contributed by atoms with Crippen LogP contribution < -0.4 is 20.2 Å². The molecule has 1 aliphatic heterocycles. The van der Waals surface area contributed by atoms with E-state index in [0.717, 1.165) is 0 Å². The number of aliphatic hydroxyl groups is 1. The number of nitrogens with one attached hydrogen (secondary N) is 1. The van der Waals surface area contributed by atoms with Gasteiger partial charge >= 0.3 is 12.6 Å². The lowest BCUT2D eigenvalue weighted by Crippen LogP contribution is -2.48. The first-order valence-corrected chi connectivity index (χ1v) is 15.8. The molecule has 0 radical (unpaired) electrons. The zero-order valence-electron chi connectivity index (χ0n) is 22.8. The quantitative estimate of drug-likeness (QED) is 0.152. The second-order valence-corrected chi connectivity index (χ2v) is 12.9. The Hall–Kier alpha value is -2.65. The Balaban J connectivity index is 1.62. The highest BCUT2D eigenvalue weighted by molar-refractivity contribution is 8.09. The molecular formula is C24H32ClFN7O6PS. The second kappa shape index (κ2) is 12.7. The topological polar surface area (TPSA) is 159 Å². The molecule has 41 heavy (non-hydrogen) atoms. The number of imidazole rings is 1. The van der Waals surface area contributed by atoms with Gasteiger partial charge in [-0.05, 0) is 37.8 Å². The van der Waals surface area contributed by atoms with Gasteiger partial charge in [-0.1, -0.05) is 18.2 Å². The van der Waals surface area contributed by atoms with Crippen LogP contribution in [0.15, 0.2) is 36.7 Å². The summed E-state index contributed by atoms with van der Waals surface area (Å²) >= 11 is 12.0. The molecule has 13 nitrogen and oxygen atoms in total. The molecule has 1 unspecified atom stereocenters. The first-order valence-electron chi connectivity index (χ1n) is 12.6. The normalized spacial score (nSPS) is 24.6. The van der Waals surface area contributed by atoms with E-state index in [-0.39, 0.29) is 24.1 Å². The third-order valence-corrected chi connectivity index (χ3v) is 9.18. The second-order valence-electron chi connectivity index (χ2n) is 9.50. The molecule has 1 saturated heterocycles. The maximum absolute atomic E-state index is 15.7. The minimum Gasteiger partial charge on any atom is -0.465 e. The lowest BCUT2D eigenvalue weighted by molar-refractivity contribution is -0.144. The Morgan fingerprint density at radius 1 is 1.39 bits per heavy atom. The number of nitrogens with two attached hydrogens (primary N) is 1. The number of para-hydroxylation sites is 1. The van der Waals surface area contributed by atoms with Crippen LogP contribution in [0, 0.1) is 0 Å². The Morgan fingerprint density at radius 3 is 2.73 bits per heavy atom. The average Bonchev–Trinajstić information content (AvgIpc) is 3.46. The number of rotatable bonds is 12. The van der Waals surface area contributed by atoms with Crippen molar-refractivity contribution in [2.75, 3.05) is 43.8 Å². The molecule has 3 aromatic rings. The molecular weight excluding hydrogens is 600 g/mol. The van der Waals surface area contributed by atoms with Gasteiger partial charge in [-0.25, -0.2) is 14.5 Å². The number of nitrogens with zero attached hydrogens (tertiary/aromatic N) is 5. The standard InChI is InChI=1S/C24H32ClFN7O6PS/c1-5-36-22(35)14(2)31-40(41,39-15-9-7-6-8-10-15)37-12-24(11-25)18(34)16(26)21(38-24)33-13-28-17-19(32(3)4)29-23(27)30-20(17)33/h6-10,13-14,16,18,21,34H,5,11-12H2,1-4H3,(H,31,41)(H2,27,29,30)/t14-,16+,18+,21-,24-,40?/m1/s1. The number of ether oxygens (including phenoxy) is 2. The number of nitrogen functional groups attached to an aromatic ring is 1. The molecule has 224 valence electrons. The van der Waals surface area contributed by atoms with Gasteiger partial charge in [0.25, 0.3) is 0 Å². The lowest BCUT2D eigenvalue weighted by Gasteiger charge is -2.33.